The van der Waals surface area contributed by atoms with Gasteiger partial charge in [0.25, 0.3) is 0 Å². The van der Waals surface area contributed by atoms with Gasteiger partial charge in [-0.25, -0.2) is 0 Å². The number of anilines is 1. The fraction of sp³-hybridized carbons (Fsp3) is 0.353. The van der Waals surface area contributed by atoms with Crippen LogP contribution in [0.25, 0.3) is 0 Å². The first-order valence-corrected chi connectivity index (χ1v) is 7.40. The van der Waals surface area contributed by atoms with Gasteiger partial charge in [0.1, 0.15) is 6.42 Å². The van der Waals surface area contributed by atoms with Crippen LogP contribution in [0.5, 0.6) is 0 Å². The monoisotopic (exact) mass is 297 g/mol. The number of hydrogen-bond donors (Lipinski definition) is 2. The van der Waals surface area contributed by atoms with Gasteiger partial charge >= 0.3 is 0 Å². The van der Waals surface area contributed by atoms with Gasteiger partial charge in [0.2, 0.25) is 11.8 Å². The van der Waals surface area contributed by atoms with Gasteiger partial charge in [-0.3, -0.25) is 9.59 Å². The molecule has 0 bridgehead atoms. The van der Waals surface area contributed by atoms with E-state index in [0.717, 1.165) is 18.4 Å². The molecule has 1 saturated carbocycles. The highest BCUT2D eigenvalue weighted by Gasteiger charge is 2.08. The molecule has 1 aliphatic rings. The molecule has 0 saturated heterocycles. The molecule has 2 amide bonds. The average Bonchev–Trinajstić information content (AvgIpc) is 3.00. The summed E-state index contributed by atoms with van der Waals surface area (Å²) in [6.07, 6.45) is 5.97. The molecule has 2 N–H and O–H groups in total. The minimum atomic E-state index is -0.327. The molecule has 0 aromatic heterocycles. The topological polar surface area (TPSA) is 82.0 Å². The van der Waals surface area contributed by atoms with Gasteiger partial charge in [0.05, 0.1) is 6.07 Å². The van der Waals surface area contributed by atoms with Crippen LogP contribution in [0.3, 0.4) is 0 Å². The summed E-state index contributed by atoms with van der Waals surface area (Å²) in [5, 5.41) is 13.9. The summed E-state index contributed by atoms with van der Waals surface area (Å²) in [5.74, 6) is -0.380. The van der Waals surface area contributed by atoms with Gasteiger partial charge < -0.3 is 10.6 Å². The largest absolute Gasteiger partial charge is 0.348 e. The molecule has 1 aliphatic carbocycles. The van der Waals surface area contributed by atoms with Crippen molar-refractivity contribution in [2.45, 2.75) is 38.6 Å². The van der Waals surface area contributed by atoms with E-state index >= 15 is 0 Å². The first kappa shape index (κ1) is 15.8. The van der Waals surface area contributed by atoms with Crippen LogP contribution in [-0.2, 0) is 16.1 Å². The lowest BCUT2D eigenvalue weighted by atomic mass is 10.2. The number of allylic oxidation sites excluding steroid dienone is 1. The van der Waals surface area contributed by atoms with Gasteiger partial charge in [-0.05, 0) is 43.4 Å². The minimum absolute atomic E-state index is 0.0525. The summed E-state index contributed by atoms with van der Waals surface area (Å²) in [6, 6.07) is 8.99. The maximum absolute atomic E-state index is 11.8. The van der Waals surface area contributed by atoms with Crippen molar-refractivity contribution in [1.29, 1.82) is 5.26 Å². The SMILES string of the molecule is N#CCC(=O)Nc1ccc(CNC(=O)C=C2CCCC2)cc1. The molecule has 22 heavy (non-hydrogen) atoms. The average molecular weight is 297 g/mol. The summed E-state index contributed by atoms with van der Waals surface area (Å²) in [6.45, 7) is 0.453. The molecule has 0 aliphatic heterocycles. The van der Waals surface area contributed by atoms with Crippen molar-refractivity contribution in [2.75, 3.05) is 5.32 Å². The normalized spacial score (nSPS) is 13.3. The Morgan fingerprint density at radius 2 is 1.86 bits per heavy atom. The summed E-state index contributed by atoms with van der Waals surface area (Å²) in [7, 11) is 0. The fourth-order valence-corrected chi connectivity index (χ4v) is 2.38. The van der Waals surface area contributed by atoms with Crippen LogP contribution in [0, 0.1) is 11.3 Å². The number of nitrogens with zero attached hydrogens (tertiary/aromatic N) is 1. The van der Waals surface area contributed by atoms with Crippen molar-refractivity contribution in [2.24, 2.45) is 0 Å². The fourth-order valence-electron chi connectivity index (χ4n) is 2.38. The van der Waals surface area contributed by atoms with Gasteiger partial charge in [-0.2, -0.15) is 5.26 Å². The molecule has 1 aromatic rings. The zero-order valence-electron chi connectivity index (χ0n) is 12.4. The van der Waals surface area contributed by atoms with Crippen molar-refractivity contribution in [3.8, 4) is 6.07 Å². The molecular weight excluding hydrogens is 278 g/mol. The van der Waals surface area contributed by atoms with Crippen LogP contribution in [0.2, 0.25) is 0 Å². The minimum Gasteiger partial charge on any atom is -0.348 e. The molecule has 0 unspecified atom stereocenters. The van der Waals surface area contributed by atoms with Gasteiger partial charge in [-0.15, -0.1) is 0 Å². The lowest BCUT2D eigenvalue weighted by Crippen LogP contribution is -2.20. The zero-order valence-corrected chi connectivity index (χ0v) is 12.4. The van der Waals surface area contributed by atoms with E-state index in [1.165, 1.54) is 18.4 Å². The van der Waals surface area contributed by atoms with Crippen LogP contribution in [0.15, 0.2) is 35.9 Å². The van der Waals surface area contributed by atoms with Crippen LogP contribution in [0.1, 0.15) is 37.7 Å². The summed E-state index contributed by atoms with van der Waals surface area (Å²) >= 11 is 0. The van der Waals surface area contributed by atoms with Crippen molar-refractivity contribution >= 4 is 17.5 Å². The van der Waals surface area contributed by atoms with E-state index in [1.54, 1.807) is 24.3 Å². The molecule has 1 fully saturated rings. The Morgan fingerprint density at radius 1 is 1.18 bits per heavy atom. The first-order chi connectivity index (χ1) is 10.7. The van der Waals surface area contributed by atoms with E-state index in [2.05, 4.69) is 10.6 Å². The first-order valence-electron chi connectivity index (χ1n) is 7.40. The van der Waals surface area contributed by atoms with Gasteiger partial charge in [0, 0.05) is 18.3 Å². The molecule has 1 aromatic carbocycles. The number of rotatable bonds is 5. The Morgan fingerprint density at radius 3 is 2.50 bits per heavy atom. The van der Waals surface area contributed by atoms with Crippen LogP contribution >= 0.6 is 0 Å². The van der Waals surface area contributed by atoms with Crippen molar-refractivity contribution in [3.05, 3.63) is 41.5 Å². The lowest BCUT2D eigenvalue weighted by molar-refractivity contribution is -0.117. The van der Waals surface area contributed by atoms with E-state index in [1.807, 2.05) is 12.1 Å². The second-order valence-electron chi connectivity index (χ2n) is 5.31. The van der Waals surface area contributed by atoms with Crippen molar-refractivity contribution in [3.63, 3.8) is 0 Å². The van der Waals surface area contributed by atoms with Crippen molar-refractivity contribution < 1.29 is 9.59 Å². The van der Waals surface area contributed by atoms with Crippen molar-refractivity contribution in [1.82, 2.24) is 5.32 Å². The molecule has 0 radical (unpaired) electrons. The zero-order chi connectivity index (χ0) is 15.8. The number of nitriles is 1. The Hall–Kier alpha value is -2.61. The predicted octanol–water partition coefficient (Wildman–Crippen LogP) is 2.66. The molecular formula is C17H19N3O2. The van der Waals surface area contributed by atoms with Gasteiger partial charge in [-0.1, -0.05) is 17.7 Å². The van der Waals surface area contributed by atoms with Crippen LogP contribution < -0.4 is 10.6 Å². The van der Waals surface area contributed by atoms with E-state index < -0.39 is 0 Å². The van der Waals surface area contributed by atoms with Gasteiger partial charge in [0.15, 0.2) is 0 Å². The highest BCUT2D eigenvalue weighted by Crippen LogP contribution is 2.23. The Labute approximate surface area is 130 Å². The third-order valence-corrected chi connectivity index (χ3v) is 3.53. The van der Waals surface area contributed by atoms with E-state index in [0.29, 0.717) is 12.2 Å². The second kappa shape index (κ2) is 7.99. The third kappa shape index (κ3) is 5.06. The number of carbonyl (C=O) groups excluding carboxylic acids is 2. The van der Waals surface area contributed by atoms with E-state index in [4.69, 9.17) is 5.26 Å². The number of carbonyl (C=O) groups is 2. The van der Waals surface area contributed by atoms with Crippen LogP contribution in [-0.4, -0.2) is 11.8 Å². The van der Waals surface area contributed by atoms with E-state index in [9.17, 15) is 9.59 Å². The lowest BCUT2D eigenvalue weighted by Gasteiger charge is -2.06. The maximum atomic E-state index is 11.8. The molecule has 0 heterocycles. The summed E-state index contributed by atoms with van der Waals surface area (Å²) in [4.78, 5) is 23.1. The number of benzene rings is 1. The smallest absolute Gasteiger partial charge is 0.244 e. The second-order valence-corrected chi connectivity index (χ2v) is 5.31. The van der Waals surface area contributed by atoms with E-state index in [-0.39, 0.29) is 18.2 Å². The highest BCUT2D eigenvalue weighted by molar-refractivity contribution is 5.92. The van der Waals surface area contributed by atoms with Crippen LogP contribution in [0.4, 0.5) is 5.69 Å². The Kier molecular flexibility index (Phi) is 5.73. The number of hydrogen-bond acceptors (Lipinski definition) is 3. The highest BCUT2D eigenvalue weighted by atomic mass is 16.2. The maximum Gasteiger partial charge on any atom is 0.244 e. The standard InChI is InChI=1S/C17H19N3O2/c18-10-9-16(21)20-15-7-5-14(6-8-15)12-19-17(22)11-13-3-1-2-4-13/h5-8,11H,1-4,9,12H2,(H,19,22)(H,20,21). The number of amides is 2. The molecule has 0 atom stereocenters. The summed E-state index contributed by atoms with van der Waals surface area (Å²) in [5.41, 5.74) is 2.83. The Balaban J connectivity index is 1.81. The predicted molar refractivity (Wildman–Crippen MR) is 83.7 cm³/mol. The Bertz CT molecular complexity index is 604. The molecule has 5 heteroatoms. The third-order valence-electron chi connectivity index (χ3n) is 3.53. The summed E-state index contributed by atoms with van der Waals surface area (Å²) < 4.78 is 0. The molecule has 2 rings (SSSR count). The quantitative estimate of drug-likeness (QED) is 0.820. The molecule has 114 valence electrons. The number of nitrogens with one attached hydrogen (secondary N) is 2. The molecule has 0 spiro atoms. The molecule has 5 nitrogen and oxygen atoms in total.